The van der Waals surface area contributed by atoms with Crippen LogP contribution in [0.2, 0.25) is 0 Å². The number of ether oxygens (including phenoxy) is 1. The lowest BCUT2D eigenvalue weighted by Gasteiger charge is -1.85. The fraction of sp³-hybridized carbons (Fsp3) is 0.667. The summed E-state index contributed by atoms with van der Waals surface area (Å²) in [6.07, 6.45) is 4.43. The largest absolute Gasteiger partial charge is 0.435 e. The molecule has 0 spiro atoms. The van der Waals surface area contributed by atoms with Crippen LogP contribution < -0.4 is 0 Å². The summed E-state index contributed by atoms with van der Waals surface area (Å²) in [6.45, 7) is 6.95. The molecule has 0 rings (SSSR count). The Labute approximate surface area is 74.0 Å². The zero-order valence-electron chi connectivity index (χ0n) is 7.88. The minimum absolute atomic E-state index is 0.329. The highest BCUT2D eigenvalue weighted by Gasteiger charge is 1.79. The van der Waals surface area contributed by atoms with Gasteiger partial charge in [0.1, 0.15) is 0 Å². The summed E-state index contributed by atoms with van der Waals surface area (Å²) < 4.78 is 4.17. The molecule has 0 saturated heterocycles. The normalized spacial score (nSPS) is 7.92. The minimum atomic E-state index is -0.329. The van der Waals surface area contributed by atoms with Gasteiger partial charge in [0.25, 0.3) is 0 Å². The summed E-state index contributed by atoms with van der Waals surface area (Å²) in [5.41, 5.74) is 0. The molecule has 0 radical (unpaired) electrons. The first-order chi connectivity index (χ1) is 5.68. The van der Waals surface area contributed by atoms with Crippen molar-refractivity contribution >= 4 is 5.97 Å². The number of esters is 1. The van der Waals surface area contributed by atoms with Crippen LogP contribution in [0.3, 0.4) is 0 Å². The van der Waals surface area contributed by atoms with Gasteiger partial charge < -0.3 is 9.84 Å². The van der Waals surface area contributed by atoms with Crippen LogP contribution in [-0.2, 0) is 9.53 Å². The van der Waals surface area contributed by atoms with E-state index in [1.165, 1.54) is 13.3 Å². The SMILES string of the molecule is C=COC(C)=O.CCCCCO. The van der Waals surface area contributed by atoms with E-state index in [9.17, 15) is 4.79 Å². The molecule has 0 fully saturated rings. The van der Waals surface area contributed by atoms with Crippen LogP contribution in [0.4, 0.5) is 0 Å². The van der Waals surface area contributed by atoms with Crippen LogP contribution in [0.25, 0.3) is 0 Å². The molecule has 12 heavy (non-hydrogen) atoms. The van der Waals surface area contributed by atoms with Crippen LogP contribution in [-0.4, -0.2) is 17.7 Å². The molecule has 0 aromatic rings. The number of aliphatic hydroxyl groups excluding tert-OH is 1. The zero-order chi connectivity index (χ0) is 9.82. The minimum Gasteiger partial charge on any atom is -0.435 e. The molecule has 72 valence electrons. The lowest BCUT2D eigenvalue weighted by Crippen LogP contribution is -1.87. The summed E-state index contributed by atoms with van der Waals surface area (Å²) in [6, 6.07) is 0. The van der Waals surface area contributed by atoms with E-state index in [-0.39, 0.29) is 5.97 Å². The Kier molecular flexibility index (Phi) is 14.7. The van der Waals surface area contributed by atoms with Crippen LogP contribution in [0, 0.1) is 0 Å². The predicted molar refractivity (Wildman–Crippen MR) is 48.6 cm³/mol. The average molecular weight is 174 g/mol. The molecule has 3 nitrogen and oxygen atoms in total. The van der Waals surface area contributed by atoms with Gasteiger partial charge in [0.15, 0.2) is 0 Å². The summed E-state index contributed by atoms with van der Waals surface area (Å²) in [5.74, 6) is -0.329. The van der Waals surface area contributed by atoms with Gasteiger partial charge in [-0.15, -0.1) is 0 Å². The van der Waals surface area contributed by atoms with E-state index in [1.807, 2.05) is 0 Å². The average Bonchev–Trinajstić information content (AvgIpc) is 2.02. The molecular weight excluding hydrogens is 156 g/mol. The van der Waals surface area contributed by atoms with Gasteiger partial charge in [-0.3, -0.25) is 4.79 Å². The van der Waals surface area contributed by atoms with Gasteiger partial charge in [0, 0.05) is 13.5 Å². The summed E-state index contributed by atoms with van der Waals surface area (Å²) in [5, 5.41) is 8.20. The lowest BCUT2D eigenvalue weighted by molar-refractivity contribution is -0.135. The topological polar surface area (TPSA) is 46.5 Å². The van der Waals surface area contributed by atoms with Crippen LogP contribution in [0.5, 0.6) is 0 Å². The Hall–Kier alpha value is -0.830. The van der Waals surface area contributed by atoms with Crippen molar-refractivity contribution in [3.8, 4) is 0 Å². The molecule has 0 heterocycles. The van der Waals surface area contributed by atoms with E-state index in [0.717, 1.165) is 19.1 Å². The first-order valence-electron chi connectivity index (χ1n) is 4.08. The molecular formula is C9H18O3. The van der Waals surface area contributed by atoms with Gasteiger partial charge >= 0.3 is 5.97 Å². The first kappa shape index (κ1) is 13.7. The third-order valence-electron chi connectivity index (χ3n) is 1.01. The van der Waals surface area contributed by atoms with E-state index in [4.69, 9.17) is 5.11 Å². The maximum Gasteiger partial charge on any atom is 0.307 e. The molecule has 0 amide bonds. The van der Waals surface area contributed by atoms with Crippen LogP contribution in [0.1, 0.15) is 33.1 Å². The van der Waals surface area contributed by atoms with Gasteiger partial charge in [-0.05, 0) is 6.42 Å². The van der Waals surface area contributed by atoms with Crippen molar-refractivity contribution < 1.29 is 14.6 Å². The fourth-order valence-corrected chi connectivity index (χ4v) is 0.479. The molecule has 3 heteroatoms. The predicted octanol–water partition coefficient (Wildman–Crippen LogP) is 1.86. The second-order valence-electron chi connectivity index (χ2n) is 2.21. The molecule has 0 bridgehead atoms. The number of unbranched alkanes of at least 4 members (excludes halogenated alkanes) is 2. The zero-order valence-corrected chi connectivity index (χ0v) is 7.88. The summed E-state index contributed by atoms with van der Waals surface area (Å²) >= 11 is 0. The number of aliphatic hydroxyl groups is 1. The van der Waals surface area contributed by atoms with Gasteiger partial charge in [-0.25, -0.2) is 0 Å². The van der Waals surface area contributed by atoms with Crippen LogP contribution in [0.15, 0.2) is 12.8 Å². The molecule has 0 aliphatic carbocycles. The summed E-state index contributed by atoms with van der Waals surface area (Å²) in [7, 11) is 0. The molecule has 0 aliphatic heterocycles. The van der Waals surface area contributed by atoms with E-state index >= 15 is 0 Å². The maximum atomic E-state index is 9.75. The van der Waals surface area contributed by atoms with E-state index < -0.39 is 0 Å². The second-order valence-corrected chi connectivity index (χ2v) is 2.21. The third-order valence-corrected chi connectivity index (χ3v) is 1.01. The monoisotopic (exact) mass is 174 g/mol. The Bertz CT molecular complexity index is 106. The number of carbonyl (C=O) groups excluding carboxylic acids is 1. The van der Waals surface area contributed by atoms with Gasteiger partial charge in [-0.1, -0.05) is 26.3 Å². The number of hydrogen-bond acceptors (Lipinski definition) is 3. The van der Waals surface area contributed by atoms with Gasteiger partial charge in [0.2, 0.25) is 0 Å². The van der Waals surface area contributed by atoms with Crippen molar-refractivity contribution in [1.82, 2.24) is 0 Å². The van der Waals surface area contributed by atoms with Gasteiger partial charge in [0.05, 0.1) is 6.26 Å². The molecule has 1 N–H and O–H groups in total. The third kappa shape index (κ3) is 22.9. The number of carbonyl (C=O) groups is 1. The van der Waals surface area contributed by atoms with Gasteiger partial charge in [-0.2, -0.15) is 0 Å². The Morgan fingerprint density at radius 3 is 2.25 bits per heavy atom. The van der Waals surface area contributed by atoms with E-state index in [2.05, 4.69) is 18.2 Å². The highest BCUT2D eigenvalue weighted by molar-refractivity contribution is 5.66. The fourth-order valence-electron chi connectivity index (χ4n) is 0.479. The maximum absolute atomic E-state index is 9.75. The molecule has 0 atom stereocenters. The first-order valence-corrected chi connectivity index (χ1v) is 4.08. The highest BCUT2D eigenvalue weighted by Crippen LogP contribution is 1.89. The van der Waals surface area contributed by atoms with Crippen molar-refractivity contribution in [2.75, 3.05) is 6.61 Å². The molecule has 0 aromatic heterocycles. The van der Waals surface area contributed by atoms with Crippen molar-refractivity contribution in [1.29, 1.82) is 0 Å². The highest BCUT2D eigenvalue weighted by atomic mass is 16.5. The smallest absolute Gasteiger partial charge is 0.307 e. The number of hydrogen-bond donors (Lipinski definition) is 1. The molecule has 0 aromatic carbocycles. The second kappa shape index (κ2) is 12.8. The van der Waals surface area contributed by atoms with Crippen LogP contribution >= 0.6 is 0 Å². The summed E-state index contributed by atoms with van der Waals surface area (Å²) in [4.78, 5) is 9.75. The van der Waals surface area contributed by atoms with E-state index in [1.54, 1.807) is 0 Å². The molecule has 0 saturated carbocycles. The van der Waals surface area contributed by atoms with Crippen molar-refractivity contribution in [2.24, 2.45) is 0 Å². The lowest BCUT2D eigenvalue weighted by atomic mass is 10.3. The Morgan fingerprint density at radius 1 is 1.58 bits per heavy atom. The molecule has 0 aliphatic rings. The Morgan fingerprint density at radius 2 is 2.17 bits per heavy atom. The van der Waals surface area contributed by atoms with Crippen molar-refractivity contribution in [2.45, 2.75) is 33.1 Å². The van der Waals surface area contributed by atoms with E-state index in [0.29, 0.717) is 6.61 Å². The van der Waals surface area contributed by atoms with Crippen molar-refractivity contribution in [3.05, 3.63) is 12.8 Å². The molecule has 0 unspecified atom stereocenters. The standard InChI is InChI=1S/C5H12O.C4H6O2/c1-2-3-4-5-6;1-3-6-4(2)5/h6H,2-5H2,1H3;3H,1H2,2H3. The number of rotatable bonds is 4. The van der Waals surface area contributed by atoms with Crippen molar-refractivity contribution in [3.63, 3.8) is 0 Å². The quantitative estimate of drug-likeness (QED) is 0.402. The Balaban J connectivity index is 0.